The molecule has 0 bridgehead atoms. The van der Waals surface area contributed by atoms with Crippen molar-refractivity contribution in [1.82, 2.24) is 20.0 Å². The van der Waals surface area contributed by atoms with Gasteiger partial charge in [-0.2, -0.15) is 0 Å². The van der Waals surface area contributed by atoms with Crippen LogP contribution in [0.1, 0.15) is 12.8 Å². The number of aromatic nitrogens is 3. The van der Waals surface area contributed by atoms with Crippen LogP contribution in [0.15, 0.2) is 36.9 Å². The number of carboxylic acids is 1. The average Bonchev–Trinajstić information content (AvgIpc) is 3.15. The minimum atomic E-state index is -1.05. The molecule has 26 heavy (non-hydrogen) atoms. The molecule has 0 aliphatic rings. The lowest BCUT2D eigenvalue weighted by Crippen LogP contribution is -2.30. The third kappa shape index (κ3) is 3.87. The maximum Gasteiger partial charge on any atom is 0.303 e. The first kappa shape index (κ1) is 18.0. The van der Waals surface area contributed by atoms with Gasteiger partial charge in [0.05, 0.1) is 34.0 Å². The van der Waals surface area contributed by atoms with Crippen molar-refractivity contribution in [2.75, 3.05) is 5.43 Å². The topological polar surface area (TPSA) is 109 Å². The third-order valence-corrected chi connectivity index (χ3v) is 4.32. The number of nitrogens with zero attached hydrogens (tertiary/aromatic N) is 3. The number of benzene rings is 1. The van der Waals surface area contributed by atoms with Gasteiger partial charge in [0.25, 0.3) is 0 Å². The second-order valence-corrected chi connectivity index (χ2v) is 6.11. The molecule has 0 aliphatic heterocycles. The molecule has 0 fully saturated rings. The lowest BCUT2D eigenvalue weighted by Gasteiger charge is -2.13. The van der Waals surface area contributed by atoms with Crippen molar-refractivity contribution < 1.29 is 14.7 Å². The molecule has 0 spiro atoms. The normalized spacial score (nSPS) is 10.7. The summed E-state index contributed by atoms with van der Waals surface area (Å²) in [5.74, 6) is -1.21. The Balaban J connectivity index is 1.95. The van der Waals surface area contributed by atoms with Crippen LogP contribution in [0.25, 0.3) is 16.6 Å². The molecule has 8 nitrogen and oxygen atoms in total. The molecule has 0 saturated heterocycles. The van der Waals surface area contributed by atoms with E-state index < -0.39 is 11.9 Å². The fourth-order valence-electron chi connectivity index (χ4n) is 2.31. The van der Waals surface area contributed by atoms with Crippen LogP contribution in [0.2, 0.25) is 10.0 Å². The number of anilines is 1. The lowest BCUT2D eigenvalue weighted by molar-refractivity contribution is -0.138. The third-order valence-electron chi connectivity index (χ3n) is 3.53. The summed E-state index contributed by atoms with van der Waals surface area (Å²) >= 11 is 12.4. The fourth-order valence-corrected chi connectivity index (χ4v) is 2.67. The van der Waals surface area contributed by atoms with Crippen LogP contribution in [0.5, 0.6) is 0 Å². The number of carbonyl (C=O) groups is 2. The molecular formula is C16H13Cl2N5O3. The van der Waals surface area contributed by atoms with E-state index in [1.165, 1.54) is 0 Å². The van der Waals surface area contributed by atoms with Crippen LogP contribution in [-0.2, 0) is 9.59 Å². The highest BCUT2D eigenvalue weighted by atomic mass is 35.5. The highest BCUT2D eigenvalue weighted by molar-refractivity contribution is 6.45. The number of carboxylic acid groups (broad SMARTS) is 1. The van der Waals surface area contributed by atoms with E-state index in [0.29, 0.717) is 16.4 Å². The first-order valence-corrected chi connectivity index (χ1v) is 8.25. The Morgan fingerprint density at radius 1 is 1.23 bits per heavy atom. The SMILES string of the molecule is O=C(O)CCC(=O)NNc1cc(-n2ccnc2)c2ccc(Cl)c(Cl)c2n1. The van der Waals surface area contributed by atoms with Crippen LogP contribution >= 0.6 is 23.2 Å². The highest BCUT2D eigenvalue weighted by Gasteiger charge is 2.13. The van der Waals surface area contributed by atoms with Crippen molar-refractivity contribution in [1.29, 1.82) is 0 Å². The van der Waals surface area contributed by atoms with Crippen LogP contribution in [0.3, 0.4) is 0 Å². The minimum Gasteiger partial charge on any atom is -0.481 e. The monoisotopic (exact) mass is 393 g/mol. The molecule has 1 amide bonds. The Morgan fingerprint density at radius 3 is 2.73 bits per heavy atom. The Hall–Kier alpha value is -2.84. The van der Waals surface area contributed by atoms with E-state index in [4.69, 9.17) is 28.3 Å². The molecule has 1 aromatic carbocycles. The zero-order chi connectivity index (χ0) is 18.7. The van der Waals surface area contributed by atoms with Crippen molar-refractivity contribution in [2.24, 2.45) is 0 Å². The summed E-state index contributed by atoms with van der Waals surface area (Å²) in [7, 11) is 0. The Bertz CT molecular complexity index is 976. The number of carbonyl (C=O) groups excluding carboxylic acids is 1. The average molecular weight is 394 g/mol. The quantitative estimate of drug-likeness (QED) is 0.555. The number of fused-ring (bicyclic) bond motifs is 1. The second kappa shape index (κ2) is 7.59. The van der Waals surface area contributed by atoms with Gasteiger partial charge < -0.3 is 9.67 Å². The molecule has 2 heterocycles. The summed E-state index contributed by atoms with van der Waals surface area (Å²) in [6.07, 6.45) is 4.58. The maximum absolute atomic E-state index is 11.7. The van der Waals surface area contributed by atoms with E-state index >= 15 is 0 Å². The molecule has 134 valence electrons. The summed E-state index contributed by atoms with van der Waals surface area (Å²) in [6, 6.07) is 5.17. The van der Waals surface area contributed by atoms with Gasteiger partial charge in [-0.1, -0.05) is 23.2 Å². The molecular weight excluding hydrogens is 381 g/mol. The van der Waals surface area contributed by atoms with Crippen LogP contribution in [-0.4, -0.2) is 31.5 Å². The number of aliphatic carboxylic acids is 1. The zero-order valence-electron chi connectivity index (χ0n) is 13.2. The maximum atomic E-state index is 11.7. The van der Waals surface area contributed by atoms with Crippen molar-refractivity contribution in [3.05, 3.63) is 47.0 Å². The predicted octanol–water partition coefficient (Wildman–Crippen LogP) is 3.04. The minimum absolute atomic E-state index is 0.156. The van der Waals surface area contributed by atoms with Crippen LogP contribution < -0.4 is 10.9 Å². The number of hydrazine groups is 1. The Morgan fingerprint density at radius 2 is 2.04 bits per heavy atom. The van der Waals surface area contributed by atoms with Gasteiger partial charge in [-0.25, -0.2) is 9.97 Å². The van der Waals surface area contributed by atoms with Gasteiger partial charge >= 0.3 is 5.97 Å². The lowest BCUT2D eigenvalue weighted by atomic mass is 10.1. The van der Waals surface area contributed by atoms with Gasteiger partial charge in [-0.3, -0.25) is 20.4 Å². The number of pyridine rings is 1. The Kier molecular flexibility index (Phi) is 5.24. The molecule has 0 saturated carbocycles. The number of amides is 1. The summed E-state index contributed by atoms with van der Waals surface area (Å²) in [5.41, 5.74) is 6.26. The molecule has 2 aromatic heterocycles. The highest BCUT2D eigenvalue weighted by Crippen LogP contribution is 2.33. The van der Waals surface area contributed by atoms with Crippen LogP contribution in [0.4, 0.5) is 5.82 Å². The molecule has 3 rings (SSSR count). The van der Waals surface area contributed by atoms with Gasteiger partial charge in [0.1, 0.15) is 5.82 Å². The van der Waals surface area contributed by atoms with Crippen molar-refractivity contribution in [3.63, 3.8) is 0 Å². The number of rotatable bonds is 6. The van der Waals surface area contributed by atoms with Crippen molar-refractivity contribution in [2.45, 2.75) is 12.8 Å². The summed E-state index contributed by atoms with van der Waals surface area (Å²) in [4.78, 5) is 30.6. The molecule has 10 heteroatoms. The van der Waals surface area contributed by atoms with E-state index in [1.807, 2.05) is 0 Å². The van der Waals surface area contributed by atoms with Crippen molar-refractivity contribution >= 4 is 51.8 Å². The smallest absolute Gasteiger partial charge is 0.303 e. The van der Waals surface area contributed by atoms with Gasteiger partial charge in [0, 0.05) is 30.3 Å². The summed E-state index contributed by atoms with van der Waals surface area (Å²) < 4.78 is 1.77. The summed E-state index contributed by atoms with van der Waals surface area (Å²) in [5, 5.41) is 10.0. The van der Waals surface area contributed by atoms with E-state index in [0.717, 1.165) is 11.1 Å². The molecule has 3 N–H and O–H groups in total. The number of nitrogens with one attached hydrogen (secondary N) is 2. The van der Waals surface area contributed by atoms with Crippen LogP contribution in [0, 0.1) is 0 Å². The first-order valence-electron chi connectivity index (χ1n) is 7.49. The molecule has 0 atom stereocenters. The molecule has 3 aromatic rings. The van der Waals surface area contributed by atoms with E-state index in [1.54, 1.807) is 41.5 Å². The van der Waals surface area contributed by atoms with E-state index in [9.17, 15) is 9.59 Å². The predicted molar refractivity (Wildman–Crippen MR) is 97.5 cm³/mol. The molecule has 0 aliphatic carbocycles. The van der Waals surface area contributed by atoms with Crippen molar-refractivity contribution in [3.8, 4) is 5.69 Å². The van der Waals surface area contributed by atoms with Gasteiger partial charge in [-0.15, -0.1) is 0 Å². The number of halogens is 2. The summed E-state index contributed by atoms with van der Waals surface area (Å²) in [6.45, 7) is 0. The molecule has 0 unspecified atom stereocenters. The Labute approximate surface area is 157 Å². The fraction of sp³-hybridized carbons (Fsp3) is 0.125. The first-order chi connectivity index (χ1) is 12.5. The number of imidazole rings is 1. The van der Waals surface area contributed by atoms with E-state index in [-0.39, 0.29) is 17.9 Å². The van der Waals surface area contributed by atoms with Gasteiger partial charge in [0.2, 0.25) is 5.91 Å². The zero-order valence-corrected chi connectivity index (χ0v) is 14.8. The van der Waals surface area contributed by atoms with Gasteiger partial charge in [-0.05, 0) is 12.1 Å². The largest absolute Gasteiger partial charge is 0.481 e. The number of hydrogen-bond acceptors (Lipinski definition) is 5. The van der Waals surface area contributed by atoms with Gasteiger partial charge in [0.15, 0.2) is 0 Å². The standard InChI is InChI=1S/C16H13Cl2N5O3/c17-10-2-1-9-11(23-6-5-19-8-23)7-12(20-16(9)15(10)18)21-22-13(24)3-4-14(25)26/h1-2,5-8H,3-4H2,(H,20,21)(H,22,24)(H,25,26). The molecule has 0 radical (unpaired) electrons. The second-order valence-electron chi connectivity index (χ2n) is 5.32. The van der Waals surface area contributed by atoms with E-state index in [2.05, 4.69) is 20.8 Å². The number of hydrogen-bond donors (Lipinski definition) is 3.